The van der Waals surface area contributed by atoms with Gasteiger partial charge in [-0.1, -0.05) is 48.5 Å². The topological polar surface area (TPSA) is 49.7 Å². The molecule has 0 heterocycles. The van der Waals surface area contributed by atoms with Crippen molar-refractivity contribution in [2.45, 2.75) is 26.1 Å². The van der Waals surface area contributed by atoms with Gasteiger partial charge in [0.05, 0.1) is 25.4 Å². The molecule has 0 radical (unpaired) electrons. The van der Waals surface area contributed by atoms with Crippen molar-refractivity contribution >= 4 is 21.5 Å². The molecule has 3 heteroatoms. The maximum atomic E-state index is 8.69. The second-order valence-electron chi connectivity index (χ2n) is 5.72. The van der Waals surface area contributed by atoms with Crippen molar-refractivity contribution < 1.29 is 14.9 Å². The van der Waals surface area contributed by atoms with E-state index < -0.39 is 6.10 Å². The van der Waals surface area contributed by atoms with Crippen LogP contribution in [0, 0.1) is 0 Å². The highest BCUT2D eigenvalue weighted by Crippen LogP contribution is 2.21. The van der Waals surface area contributed by atoms with Crippen LogP contribution in [0.25, 0.3) is 21.5 Å². The molecule has 2 unspecified atom stereocenters. The fourth-order valence-corrected chi connectivity index (χ4v) is 2.24. The molecular weight excluding hydrogens is 288 g/mol. The van der Waals surface area contributed by atoms with Crippen LogP contribution in [0.15, 0.2) is 60.7 Å². The Hall–Kier alpha value is -1.94. The second-order valence-corrected chi connectivity index (χ2v) is 5.72. The van der Waals surface area contributed by atoms with Crippen LogP contribution in [0.1, 0.15) is 13.8 Å². The van der Waals surface area contributed by atoms with Gasteiger partial charge in [-0.15, -0.1) is 0 Å². The number of fused-ring (bicyclic) bond motifs is 2. The maximum Gasteiger partial charge on any atom is 0.0779 e. The first-order chi connectivity index (χ1) is 11.1. The number of benzene rings is 3. The Morgan fingerprint density at radius 2 is 1.22 bits per heavy atom. The van der Waals surface area contributed by atoms with Crippen LogP contribution in [0.2, 0.25) is 0 Å². The molecule has 23 heavy (non-hydrogen) atoms. The van der Waals surface area contributed by atoms with Crippen LogP contribution in [0.4, 0.5) is 0 Å². The number of ether oxygens (including phenoxy) is 1. The molecule has 122 valence electrons. The first-order valence-electron chi connectivity index (χ1n) is 7.88. The molecular formula is C20H24O3. The predicted molar refractivity (Wildman–Crippen MR) is 95.6 cm³/mol. The summed E-state index contributed by atoms with van der Waals surface area (Å²) >= 11 is 0. The first-order valence-corrected chi connectivity index (χ1v) is 7.88. The number of rotatable bonds is 4. The monoisotopic (exact) mass is 312 g/mol. The minimum Gasteiger partial charge on any atom is -0.394 e. The average Bonchev–Trinajstić information content (AvgIpc) is 2.58. The highest BCUT2D eigenvalue weighted by Gasteiger charge is 2.00. The fraction of sp³-hybridized carbons (Fsp3) is 0.300. The average molecular weight is 312 g/mol. The number of hydrogen-bond donors (Lipinski definition) is 2. The van der Waals surface area contributed by atoms with E-state index in [0.717, 1.165) is 0 Å². The molecule has 3 rings (SSSR count). The van der Waals surface area contributed by atoms with E-state index in [0.29, 0.717) is 6.61 Å². The van der Waals surface area contributed by atoms with E-state index in [1.165, 1.54) is 21.5 Å². The van der Waals surface area contributed by atoms with Gasteiger partial charge in [-0.2, -0.15) is 0 Å². The van der Waals surface area contributed by atoms with Gasteiger partial charge < -0.3 is 14.9 Å². The summed E-state index contributed by atoms with van der Waals surface area (Å²) in [5, 5.41) is 22.4. The molecule has 0 saturated carbocycles. The van der Waals surface area contributed by atoms with Gasteiger partial charge in [-0.05, 0) is 47.5 Å². The van der Waals surface area contributed by atoms with E-state index in [4.69, 9.17) is 14.9 Å². The zero-order valence-corrected chi connectivity index (χ0v) is 13.6. The highest BCUT2D eigenvalue weighted by molar-refractivity contribution is 5.98. The molecule has 0 aliphatic heterocycles. The molecule has 0 saturated heterocycles. The Kier molecular flexibility index (Phi) is 6.53. The SMILES string of the molecule is CC(O)COC(C)CO.c1ccc2cc3ccccc3cc2c1. The minimum atomic E-state index is -0.445. The van der Waals surface area contributed by atoms with Crippen LogP contribution >= 0.6 is 0 Å². The van der Waals surface area contributed by atoms with Crippen LogP contribution in [-0.2, 0) is 4.74 Å². The molecule has 0 bridgehead atoms. The predicted octanol–water partition coefficient (Wildman–Crippen LogP) is 3.76. The van der Waals surface area contributed by atoms with E-state index in [9.17, 15) is 0 Å². The summed E-state index contributed by atoms with van der Waals surface area (Å²) in [6, 6.07) is 21.4. The van der Waals surface area contributed by atoms with E-state index in [1.807, 2.05) is 0 Å². The highest BCUT2D eigenvalue weighted by atomic mass is 16.5. The van der Waals surface area contributed by atoms with Gasteiger partial charge in [0.2, 0.25) is 0 Å². The molecule has 0 aliphatic rings. The number of aliphatic hydroxyl groups excluding tert-OH is 2. The molecule has 0 aliphatic carbocycles. The standard InChI is InChI=1S/C14H10.C6H14O3/c1-2-6-12-10-14-8-4-3-7-13(14)9-11(12)5-1;1-5(8)4-9-6(2)3-7/h1-10H;5-8H,3-4H2,1-2H3. The fourth-order valence-electron chi connectivity index (χ4n) is 2.24. The summed E-state index contributed by atoms with van der Waals surface area (Å²) in [6.07, 6.45) is -0.612. The van der Waals surface area contributed by atoms with Crippen LogP contribution in [0.3, 0.4) is 0 Å². The summed E-state index contributed by atoms with van der Waals surface area (Å²) in [6.45, 7) is 3.70. The molecule has 3 aromatic rings. The molecule has 2 N–H and O–H groups in total. The van der Waals surface area contributed by atoms with E-state index >= 15 is 0 Å². The van der Waals surface area contributed by atoms with E-state index in [2.05, 4.69) is 60.7 Å². The lowest BCUT2D eigenvalue weighted by atomic mass is 10.0. The summed E-state index contributed by atoms with van der Waals surface area (Å²) < 4.78 is 4.95. The lowest BCUT2D eigenvalue weighted by molar-refractivity contribution is -0.0177. The van der Waals surface area contributed by atoms with Crippen molar-refractivity contribution in [1.82, 2.24) is 0 Å². The Morgan fingerprint density at radius 1 is 0.826 bits per heavy atom. The quantitative estimate of drug-likeness (QED) is 0.721. The van der Waals surface area contributed by atoms with Gasteiger partial charge in [-0.3, -0.25) is 0 Å². The van der Waals surface area contributed by atoms with Gasteiger partial charge >= 0.3 is 0 Å². The number of aliphatic hydroxyl groups is 2. The van der Waals surface area contributed by atoms with Gasteiger partial charge in [-0.25, -0.2) is 0 Å². The summed E-state index contributed by atoms with van der Waals surface area (Å²) in [7, 11) is 0. The van der Waals surface area contributed by atoms with Gasteiger partial charge in [0.25, 0.3) is 0 Å². The van der Waals surface area contributed by atoms with Crippen LogP contribution in [-0.4, -0.2) is 35.6 Å². The minimum absolute atomic E-state index is 0.00667. The Morgan fingerprint density at radius 3 is 1.52 bits per heavy atom. The second kappa shape index (κ2) is 8.63. The molecule has 0 aromatic heterocycles. The third kappa shape index (κ3) is 5.32. The largest absolute Gasteiger partial charge is 0.394 e. The van der Waals surface area contributed by atoms with E-state index in [-0.39, 0.29) is 12.7 Å². The van der Waals surface area contributed by atoms with Crippen molar-refractivity contribution in [3.05, 3.63) is 60.7 Å². The zero-order valence-electron chi connectivity index (χ0n) is 13.6. The lowest BCUT2D eigenvalue weighted by Crippen LogP contribution is -2.19. The third-order valence-corrected chi connectivity index (χ3v) is 3.49. The third-order valence-electron chi connectivity index (χ3n) is 3.49. The summed E-state index contributed by atoms with van der Waals surface area (Å²) in [5.41, 5.74) is 0. The molecule has 3 nitrogen and oxygen atoms in total. The smallest absolute Gasteiger partial charge is 0.0779 e. The molecule has 3 aromatic carbocycles. The lowest BCUT2D eigenvalue weighted by Gasteiger charge is -2.10. The summed E-state index contributed by atoms with van der Waals surface area (Å²) in [4.78, 5) is 0. The van der Waals surface area contributed by atoms with Crippen LogP contribution < -0.4 is 0 Å². The Labute approximate surface area is 137 Å². The molecule has 0 spiro atoms. The first kappa shape index (κ1) is 17.4. The van der Waals surface area contributed by atoms with Gasteiger partial charge in [0.1, 0.15) is 0 Å². The van der Waals surface area contributed by atoms with Gasteiger partial charge in [0.15, 0.2) is 0 Å². The number of hydrogen-bond acceptors (Lipinski definition) is 3. The van der Waals surface area contributed by atoms with Crippen molar-refractivity contribution in [1.29, 1.82) is 0 Å². The summed E-state index contributed by atoms with van der Waals surface area (Å²) in [5.74, 6) is 0. The van der Waals surface area contributed by atoms with Crippen molar-refractivity contribution in [2.24, 2.45) is 0 Å². The molecule has 0 fully saturated rings. The van der Waals surface area contributed by atoms with Crippen LogP contribution in [0.5, 0.6) is 0 Å². The Bertz CT molecular complexity index is 632. The maximum absolute atomic E-state index is 8.69. The normalized spacial score (nSPS) is 13.4. The zero-order chi connectivity index (χ0) is 16.7. The van der Waals surface area contributed by atoms with Gasteiger partial charge in [0, 0.05) is 0 Å². The Balaban J connectivity index is 0.000000188. The van der Waals surface area contributed by atoms with Crippen molar-refractivity contribution in [3.63, 3.8) is 0 Å². The van der Waals surface area contributed by atoms with Crippen molar-refractivity contribution in [2.75, 3.05) is 13.2 Å². The molecule has 0 amide bonds. The van der Waals surface area contributed by atoms with Crippen molar-refractivity contribution in [3.8, 4) is 0 Å². The van der Waals surface area contributed by atoms with E-state index in [1.54, 1.807) is 13.8 Å². The molecule has 2 atom stereocenters.